The average Bonchev–Trinajstić information content (AvgIpc) is 3.28. The summed E-state index contributed by atoms with van der Waals surface area (Å²) in [6.07, 6.45) is 8.43. The third-order valence-corrected chi connectivity index (χ3v) is 16.6. The second kappa shape index (κ2) is 19.4. The van der Waals surface area contributed by atoms with Crippen LogP contribution in [0.2, 0.25) is 0 Å². The molecule has 0 radical (unpaired) electrons. The number of hydrogen-bond donors (Lipinski definition) is 1. The van der Waals surface area contributed by atoms with E-state index in [1.54, 1.807) is 18.2 Å². The first-order valence-electron chi connectivity index (χ1n) is 21.5. The smallest absolute Gasteiger partial charge is 0.292 e. The summed E-state index contributed by atoms with van der Waals surface area (Å²) in [5.41, 5.74) is 5.93. The molecule has 5 aromatic carbocycles. The van der Waals surface area contributed by atoms with Crippen molar-refractivity contribution in [3.05, 3.63) is 167 Å². The highest BCUT2D eigenvalue weighted by molar-refractivity contribution is 7.67. The minimum Gasteiger partial charge on any atom is -0.507 e. The van der Waals surface area contributed by atoms with Gasteiger partial charge in [0.15, 0.2) is 5.75 Å². The summed E-state index contributed by atoms with van der Waals surface area (Å²) >= 11 is 0. The van der Waals surface area contributed by atoms with Gasteiger partial charge in [0.25, 0.3) is 21.0 Å². The van der Waals surface area contributed by atoms with Gasteiger partial charge in [-0.25, -0.2) is 0 Å². The van der Waals surface area contributed by atoms with Gasteiger partial charge in [0.1, 0.15) is 17.3 Å². The van der Waals surface area contributed by atoms with Crippen LogP contribution in [0, 0.1) is 11.5 Å². The van der Waals surface area contributed by atoms with E-state index in [0.29, 0.717) is 74.5 Å². The van der Waals surface area contributed by atoms with E-state index in [1.807, 2.05) is 91.2 Å². The van der Waals surface area contributed by atoms with Crippen molar-refractivity contribution in [3.63, 3.8) is 0 Å². The number of aromatic hydroxyl groups is 1. The van der Waals surface area contributed by atoms with Gasteiger partial charge in [-0.3, -0.25) is 9.13 Å². The van der Waals surface area contributed by atoms with Crippen LogP contribution in [0.5, 0.6) is 17.2 Å². The fourth-order valence-corrected chi connectivity index (χ4v) is 13.1. The van der Waals surface area contributed by atoms with Crippen LogP contribution in [0.4, 0.5) is 0 Å². The Hall–Kier alpha value is -5.61. The molecule has 2 heterocycles. The first-order valence-corrected chi connectivity index (χ1v) is 25.1. The summed E-state index contributed by atoms with van der Waals surface area (Å²) in [5.74, 6) is 1.09. The lowest BCUT2D eigenvalue weighted by molar-refractivity contribution is 0.111. The van der Waals surface area contributed by atoms with Gasteiger partial charge >= 0.3 is 0 Å². The quantitative estimate of drug-likeness (QED) is 0.0490. The van der Waals surface area contributed by atoms with E-state index >= 15 is 9.13 Å². The minimum absolute atomic E-state index is 0.146. The number of ether oxygens (including phenoxy) is 3. The van der Waals surface area contributed by atoms with Crippen LogP contribution in [0.1, 0.15) is 92.3 Å². The number of rotatable bonds is 19. The molecule has 0 spiro atoms. The third kappa shape index (κ3) is 9.24. The molecule has 0 bridgehead atoms. The van der Waals surface area contributed by atoms with Gasteiger partial charge in [-0.05, 0) is 71.5 Å². The molecule has 11 heteroatoms. The summed E-state index contributed by atoms with van der Waals surface area (Å²) in [6.45, 7) is 17.7. The van der Waals surface area contributed by atoms with Crippen LogP contribution in [0.3, 0.4) is 0 Å². The van der Waals surface area contributed by atoms with Crippen molar-refractivity contribution in [2.75, 3.05) is 13.2 Å². The fourth-order valence-electron chi connectivity index (χ4n) is 8.30. The van der Waals surface area contributed by atoms with Gasteiger partial charge in [-0.15, -0.1) is 5.26 Å². The number of phenolic OH excluding ortho intramolecular Hbond substituents is 1. The second-order valence-corrected chi connectivity index (χ2v) is 21.1. The van der Waals surface area contributed by atoms with Crippen molar-refractivity contribution in [2.45, 2.75) is 84.3 Å². The number of hydrogen-bond acceptors (Lipinski definition) is 9. The highest BCUT2D eigenvalue weighted by Crippen LogP contribution is 2.60. The molecule has 9 nitrogen and oxygen atoms in total. The summed E-state index contributed by atoms with van der Waals surface area (Å²) in [7, 11) is -7.51. The molecule has 7 rings (SSSR count). The van der Waals surface area contributed by atoms with Crippen LogP contribution in [-0.4, -0.2) is 18.3 Å². The molecule has 1 N–H and O–H groups in total. The zero-order valence-electron chi connectivity index (χ0n) is 36.5. The topological polar surface area (TPSA) is 124 Å². The van der Waals surface area contributed by atoms with Gasteiger partial charge in [-0.2, -0.15) is 0 Å². The average molecular weight is 884 g/mol. The van der Waals surface area contributed by atoms with E-state index in [9.17, 15) is 10.4 Å². The summed E-state index contributed by atoms with van der Waals surface area (Å²) in [5, 5.41) is 23.3. The predicted octanol–water partition coefficient (Wildman–Crippen LogP) is 12.6. The number of fused-ring (bicyclic) bond motifs is 4. The molecule has 0 amide bonds. The van der Waals surface area contributed by atoms with Crippen molar-refractivity contribution < 1.29 is 37.5 Å². The zero-order chi connectivity index (χ0) is 44.8. The first-order chi connectivity index (χ1) is 30.4. The molecular weight excluding hydrogens is 829 g/mol. The number of nitriles is 1. The van der Waals surface area contributed by atoms with Crippen LogP contribution in [-0.2, 0) is 54.1 Å². The predicted molar refractivity (Wildman–Crippen MR) is 251 cm³/mol. The summed E-state index contributed by atoms with van der Waals surface area (Å²) < 4.78 is 61.5. The monoisotopic (exact) mass is 883 g/mol. The Kier molecular flexibility index (Phi) is 14.0. The normalized spacial score (nSPS) is 17.6. The lowest BCUT2D eigenvalue weighted by Gasteiger charge is -2.32. The van der Waals surface area contributed by atoms with Crippen molar-refractivity contribution in [1.29, 1.82) is 5.26 Å². The maximum absolute atomic E-state index is 15.4. The van der Waals surface area contributed by atoms with Crippen molar-refractivity contribution in [2.24, 2.45) is 0 Å². The number of para-hydroxylation sites is 1. The van der Waals surface area contributed by atoms with Gasteiger partial charge < -0.3 is 28.4 Å². The summed E-state index contributed by atoms with van der Waals surface area (Å²) in [6, 6.07) is 30.1. The van der Waals surface area contributed by atoms with Crippen LogP contribution in [0.25, 0.3) is 16.7 Å². The number of phenols is 1. The van der Waals surface area contributed by atoms with Crippen LogP contribution in [0.15, 0.2) is 128 Å². The molecule has 2 unspecified atom stereocenters. The van der Waals surface area contributed by atoms with Crippen LogP contribution >= 0.6 is 14.7 Å². The molecule has 63 heavy (non-hydrogen) atoms. The Morgan fingerprint density at radius 1 is 0.698 bits per heavy atom. The molecule has 326 valence electrons. The molecular formula is C52H55NO8P2. The van der Waals surface area contributed by atoms with E-state index in [1.165, 1.54) is 6.08 Å². The van der Waals surface area contributed by atoms with Crippen molar-refractivity contribution in [1.82, 2.24) is 0 Å². The Labute approximate surface area is 371 Å². The standard InChI is InChI=1S/C52H55NO8P2/c1-7-11-25-57-31-36-27-40(28-37(51(36)59-35-53)32-58-26-12-8-2)52(5,6)41-29-38(33-62(55)48-23-17-14-20-44(48)42(9-3)46(10-4)60-62)50(54)39(30-41)34-63(56)49-24-18-15-21-45(49)43-19-13-16-22-47(43)61-63/h9-10,13-24,27-30,54H,3-4,7-8,11-12,25-26,31-34H2,1-2,5-6H3. The molecule has 2 aliphatic heterocycles. The lowest BCUT2D eigenvalue weighted by Crippen LogP contribution is -2.23. The Balaban J connectivity index is 1.40. The van der Waals surface area contributed by atoms with E-state index in [-0.39, 0.29) is 31.3 Å². The summed E-state index contributed by atoms with van der Waals surface area (Å²) in [4.78, 5) is 0. The molecule has 0 aromatic heterocycles. The maximum Gasteiger partial charge on any atom is 0.292 e. The number of benzene rings is 5. The third-order valence-electron chi connectivity index (χ3n) is 11.8. The van der Waals surface area contributed by atoms with Crippen molar-refractivity contribution >= 4 is 30.9 Å². The molecule has 0 saturated carbocycles. The molecule has 0 fully saturated rings. The van der Waals surface area contributed by atoms with Gasteiger partial charge in [-0.1, -0.05) is 127 Å². The fraction of sp³-hybridized carbons (Fsp3) is 0.288. The van der Waals surface area contributed by atoms with E-state index in [2.05, 4.69) is 40.9 Å². The van der Waals surface area contributed by atoms with E-state index in [0.717, 1.165) is 47.9 Å². The zero-order valence-corrected chi connectivity index (χ0v) is 38.3. The SMILES string of the molecule is C=CC1=C(C=C)c2ccccc2P(=O)(Cc2cc(C(C)(C)c3cc(COCCCC)c(OC#N)c(COCCCC)c3)cc(CP3(=O)Oc4ccccc4-c4ccccc43)c2O)O1. The van der Waals surface area contributed by atoms with Gasteiger partial charge in [0.2, 0.25) is 0 Å². The van der Waals surface area contributed by atoms with Crippen molar-refractivity contribution in [3.8, 4) is 34.6 Å². The molecule has 0 aliphatic carbocycles. The minimum atomic E-state index is -3.78. The van der Waals surface area contributed by atoms with Gasteiger partial charge in [0, 0.05) is 52.0 Å². The Morgan fingerprint density at radius 3 is 1.73 bits per heavy atom. The van der Waals surface area contributed by atoms with E-state index < -0.39 is 20.2 Å². The highest BCUT2D eigenvalue weighted by atomic mass is 31.2. The second-order valence-electron chi connectivity index (χ2n) is 16.5. The molecule has 0 saturated heterocycles. The number of allylic oxidation sites excluding steroid dienone is 3. The number of unbranched alkanes of at least 4 members (excludes halogenated alkanes) is 2. The van der Waals surface area contributed by atoms with E-state index in [4.69, 9.17) is 23.3 Å². The van der Waals surface area contributed by atoms with Gasteiger partial charge in [0.05, 0.1) is 36.1 Å². The molecule has 2 aliphatic rings. The molecule has 2 atom stereocenters. The Morgan fingerprint density at radius 2 is 1.19 bits per heavy atom. The maximum atomic E-state index is 15.4. The Bertz CT molecular complexity index is 2680. The number of nitrogens with zero attached hydrogens (tertiary/aromatic N) is 1. The van der Waals surface area contributed by atoms with Crippen LogP contribution < -0.4 is 19.9 Å². The highest BCUT2D eigenvalue weighted by Gasteiger charge is 2.41. The lowest BCUT2D eigenvalue weighted by atomic mass is 9.76. The first kappa shape index (κ1) is 45.4. The largest absolute Gasteiger partial charge is 0.507 e. The molecule has 5 aromatic rings.